The fraction of sp³-hybridized carbons (Fsp3) is 0.375. The molecule has 4 N–H and O–H groups in total. The van der Waals surface area contributed by atoms with Crippen LogP contribution >= 0.6 is 36.4 Å². The van der Waals surface area contributed by atoms with E-state index in [1.807, 2.05) is 12.1 Å². The summed E-state index contributed by atoms with van der Waals surface area (Å²) in [4.78, 5) is 21.3. The normalized spacial score (nSPS) is 11.1. The molecular weight excluding hydrogens is 385 g/mol. The van der Waals surface area contributed by atoms with Crippen LogP contribution < -0.4 is 11.1 Å². The first-order chi connectivity index (χ1) is 11.0. The number of guanidine groups is 1. The van der Waals surface area contributed by atoms with E-state index in [9.17, 15) is 4.79 Å². The number of fused-ring (bicyclic) bond motifs is 1. The molecule has 6 nitrogen and oxygen atoms in total. The first-order valence-electron chi connectivity index (χ1n) is 7.67. The maximum atomic E-state index is 12.2. The summed E-state index contributed by atoms with van der Waals surface area (Å²) in [5, 5.41) is 4.34. The molecule has 0 atom stereocenters. The number of amides is 1. The van der Waals surface area contributed by atoms with Gasteiger partial charge in [-0.25, -0.2) is 0 Å². The van der Waals surface area contributed by atoms with Gasteiger partial charge in [0, 0.05) is 29.0 Å². The highest BCUT2D eigenvalue weighted by molar-refractivity contribution is 6.35. The largest absolute Gasteiger partial charge is 0.370 e. The summed E-state index contributed by atoms with van der Waals surface area (Å²) in [6.45, 7) is 7.65. The molecule has 0 aliphatic rings. The van der Waals surface area contributed by atoms with Crippen molar-refractivity contribution in [3.63, 3.8) is 0 Å². The summed E-state index contributed by atoms with van der Waals surface area (Å²) in [7, 11) is 0. The number of carbonyl (C=O) groups excluding carboxylic acids is 1. The Labute approximate surface area is 165 Å². The number of nitrogens with two attached hydrogens (primary N) is 1. The molecular formula is C16H24Cl3N5O. The molecule has 0 saturated carbocycles. The Morgan fingerprint density at radius 2 is 2.00 bits per heavy atom. The van der Waals surface area contributed by atoms with Gasteiger partial charge in [-0.3, -0.25) is 4.79 Å². The van der Waals surface area contributed by atoms with E-state index in [4.69, 9.17) is 17.3 Å². The van der Waals surface area contributed by atoms with Crippen LogP contribution in [0.1, 0.15) is 24.3 Å². The number of aliphatic imine (C=N–C) groups is 1. The zero-order valence-electron chi connectivity index (χ0n) is 14.2. The van der Waals surface area contributed by atoms with Gasteiger partial charge in [0.1, 0.15) is 5.69 Å². The van der Waals surface area contributed by atoms with Gasteiger partial charge < -0.3 is 20.9 Å². The topological polar surface area (TPSA) is 86.5 Å². The van der Waals surface area contributed by atoms with Crippen molar-refractivity contribution in [2.24, 2.45) is 10.7 Å². The fourth-order valence-corrected chi connectivity index (χ4v) is 2.55. The highest BCUT2D eigenvalue weighted by atomic mass is 35.5. The van der Waals surface area contributed by atoms with E-state index in [0.29, 0.717) is 17.3 Å². The van der Waals surface area contributed by atoms with Gasteiger partial charge in [0.2, 0.25) is 0 Å². The Morgan fingerprint density at radius 3 is 2.60 bits per heavy atom. The van der Waals surface area contributed by atoms with Gasteiger partial charge in [-0.05, 0) is 31.3 Å². The maximum absolute atomic E-state index is 12.2. The molecule has 1 aromatic carbocycles. The second-order valence-corrected chi connectivity index (χ2v) is 5.55. The number of hydrogen-bond donors (Lipinski definition) is 3. The molecule has 0 saturated heterocycles. The first kappa shape index (κ1) is 23.5. The van der Waals surface area contributed by atoms with Gasteiger partial charge in [-0.15, -0.1) is 24.8 Å². The SMILES string of the molecule is CCN(CC)CCNC(N)=NC(=O)c1cc2c(Cl)cccc2[nH]1.Cl.Cl. The lowest BCUT2D eigenvalue weighted by Crippen LogP contribution is -2.38. The van der Waals surface area contributed by atoms with E-state index in [1.165, 1.54) is 0 Å². The minimum absolute atomic E-state index is 0. The van der Waals surface area contributed by atoms with Gasteiger partial charge in [-0.1, -0.05) is 31.5 Å². The molecule has 140 valence electrons. The lowest BCUT2D eigenvalue weighted by Gasteiger charge is -2.17. The van der Waals surface area contributed by atoms with Crippen molar-refractivity contribution >= 4 is 59.2 Å². The molecule has 0 fully saturated rings. The smallest absolute Gasteiger partial charge is 0.296 e. The molecule has 0 radical (unpaired) electrons. The second-order valence-electron chi connectivity index (χ2n) is 5.14. The van der Waals surface area contributed by atoms with E-state index >= 15 is 0 Å². The lowest BCUT2D eigenvalue weighted by atomic mass is 10.2. The van der Waals surface area contributed by atoms with Crippen molar-refractivity contribution in [1.82, 2.24) is 15.2 Å². The average Bonchev–Trinajstić information content (AvgIpc) is 2.97. The molecule has 0 aliphatic heterocycles. The molecule has 0 aliphatic carbocycles. The Hall–Kier alpha value is -1.47. The Balaban J connectivity index is 0.00000288. The van der Waals surface area contributed by atoms with Gasteiger partial charge in [0.05, 0.1) is 0 Å². The average molecular weight is 409 g/mol. The number of nitrogens with zero attached hydrogens (tertiary/aromatic N) is 2. The number of aromatic nitrogens is 1. The van der Waals surface area contributed by atoms with Crippen LogP contribution in [-0.2, 0) is 0 Å². The Morgan fingerprint density at radius 1 is 1.32 bits per heavy atom. The standard InChI is InChI=1S/C16H22ClN5O.2ClH/c1-3-22(4-2)9-8-19-16(18)21-15(23)14-10-11-12(17)6-5-7-13(11)20-14;;/h5-7,10,20H,3-4,8-9H2,1-2H3,(H3,18,19,21,23);2*1H. The minimum Gasteiger partial charge on any atom is -0.370 e. The van der Waals surface area contributed by atoms with Crippen LogP contribution in [0.25, 0.3) is 10.9 Å². The molecule has 1 heterocycles. The van der Waals surface area contributed by atoms with Crippen LogP contribution in [0, 0.1) is 0 Å². The molecule has 2 aromatic rings. The summed E-state index contributed by atoms with van der Waals surface area (Å²) in [6.07, 6.45) is 0. The van der Waals surface area contributed by atoms with Gasteiger partial charge >= 0.3 is 0 Å². The molecule has 0 spiro atoms. The summed E-state index contributed by atoms with van der Waals surface area (Å²) < 4.78 is 0. The number of likely N-dealkylation sites (N-methyl/N-ethyl adjacent to an activating group) is 1. The van der Waals surface area contributed by atoms with Gasteiger partial charge in [0.15, 0.2) is 5.96 Å². The monoisotopic (exact) mass is 407 g/mol. The van der Waals surface area contributed by atoms with Crippen LogP contribution in [0.2, 0.25) is 5.02 Å². The number of benzene rings is 1. The number of nitrogens with one attached hydrogen (secondary N) is 2. The van der Waals surface area contributed by atoms with Crippen molar-refractivity contribution in [1.29, 1.82) is 0 Å². The molecule has 0 bridgehead atoms. The maximum Gasteiger partial charge on any atom is 0.296 e. The van der Waals surface area contributed by atoms with E-state index in [1.54, 1.807) is 12.1 Å². The minimum atomic E-state index is -0.426. The fourth-order valence-electron chi connectivity index (χ4n) is 2.32. The summed E-state index contributed by atoms with van der Waals surface area (Å²) in [6, 6.07) is 7.14. The first-order valence-corrected chi connectivity index (χ1v) is 8.04. The van der Waals surface area contributed by atoms with E-state index in [-0.39, 0.29) is 30.8 Å². The molecule has 9 heteroatoms. The lowest BCUT2D eigenvalue weighted by molar-refractivity contribution is 0.0998. The van der Waals surface area contributed by atoms with Crippen LogP contribution in [-0.4, -0.2) is 47.9 Å². The number of hydrogen-bond acceptors (Lipinski definition) is 2. The van der Waals surface area contributed by atoms with E-state index < -0.39 is 5.91 Å². The highest BCUT2D eigenvalue weighted by Crippen LogP contribution is 2.24. The Bertz CT molecular complexity index is 713. The third kappa shape index (κ3) is 6.40. The third-order valence-corrected chi connectivity index (χ3v) is 4.02. The molecule has 1 amide bonds. The van der Waals surface area contributed by atoms with Crippen molar-refractivity contribution < 1.29 is 4.79 Å². The summed E-state index contributed by atoms with van der Waals surface area (Å²) >= 11 is 6.10. The van der Waals surface area contributed by atoms with Crippen LogP contribution in [0.5, 0.6) is 0 Å². The zero-order chi connectivity index (χ0) is 16.8. The van der Waals surface area contributed by atoms with E-state index in [2.05, 4.69) is 34.0 Å². The molecule has 2 rings (SSSR count). The predicted molar refractivity (Wildman–Crippen MR) is 110 cm³/mol. The Kier molecular flexibility index (Phi) is 10.5. The van der Waals surface area contributed by atoms with Crippen molar-refractivity contribution in [2.75, 3.05) is 26.2 Å². The number of rotatable bonds is 6. The number of halogens is 3. The van der Waals surface area contributed by atoms with Gasteiger partial charge in [0.25, 0.3) is 5.91 Å². The second kappa shape index (κ2) is 11.2. The summed E-state index contributed by atoms with van der Waals surface area (Å²) in [5.74, 6) is -0.308. The number of carbonyl (C=O) groups is 1. The van der Waals surface area contributed by atoms with Crippen LogP contribution in [0.3, 0.4) is 0 Å². The quantitative estimate of drug-likeness (QED) is 0.506. The van der Waals surface area contributed by atoms with Crippen molar-refractivity contribution in [3.05, 3.63) is 35.0 Å². The molecule has 1 aromatic heterocycles. The third-order valence-electron chi connectivity index (χ3n) is 3.69. The number of aromatic amines is 1. The van der Waals surface area contributed by atoms with Crippen molar-refractivity contribution in [3.8, 4) is 0 Å². The zero-order valence-corrected chi connectivity index (χ0v) is 16.6. The molecule has 25 heavy (non-hydrogen) atoms. The molecule has 0 unspecified atom stereocenters. The predicted octanol–water partition coefficient (Wildman–Crippen LogP) is 3.05. The number of H-pyrrole nitrogens is 1. The highest BCUT2D eigenvalue weighted by Gasteiger charge is 2.11. The summed E-state index contributed by atoms with van der Waals surface area (Å²) in [5.41, 5.74) is 6.92. The van der Waals surface area contributed by atoms with Gasteiger partial charge in [-0.2, -0.15) is 4.99 Å². The van der Waals surface area contributed by atoms with Crippen molar-refractivity contribution in [2.45, 2.75) is 13.8 Å². The van der Waals surface area contributed by atoms with E-state index in [0.717, 1.165) is 30.5 Å². The van der Waals surface area contributed by atoms with Crippen LogP contribution in [0.4, 0.5) is 0 Å². The van der Waals surface area contributed by atoms with Crippen LogP contribution in [0.15, 0.2) is 29.3 Å².